The summed E-state index contributed by atoms with van der Waals surface area (Å²) in [5.74, 6) is 0.436. The van der Waals surface area contributed by atoms with Gasteiger partial charge in [-0.05, 0) is 24.6 Å². The Hall–Kier alpha value is -1.80. The highest BCUT2D eigenvalue weighted by Gasteiger charge is 2.12. The number of aldehydes is 1. The van der Waals surface area contributed by atoms with Crippen molar-refractivity contribution < 1.29 is 9.53 Å². The molecule has 0 aliphatic rings. The molecule has 2 aromatic rings. The number of benzene rings is 2. The number of carbonyl (C=O) groups excluding carboxylic acids is 1. The van der Waals surface area contributed by atoms with E-state index < -0.39 is 0 Å². The third-order valence-electron chi connectivity index (χ3n) is 2.69. The van der Waals surface area contributed by atoms with E-state index in [-0.39, 0.29) is 6.10 Å². The van der Waals surface area contributed by atoms with Gasteiger partial charge in [0.05, 0.1) is 10.6 Å². The van der Waals surface area contributed by atoms with Crippen molar-refractivity contribution in [3.63, 3.8) is 0 Å². The number of para-hydroxylation sites is 1. The third-order valence-corrected chi connectivity index (χ3v) is 2.99. The topological polar surface area (TPSA) is 26.3 Å². The second-order valence-corrected chi connectivity index (χ2v) is 4.35. The molecule has 2 nitrogen and oxygen atoms in total. The molecule has 3 heteroatoms. The molecule has 0 heterocycles. The van der Waals surface area contributed by atoms with Gasteiger partial charge in [-0.15, -0.1) is 0 Å². The van der Waals surface area contributed by atoms with Gasteiger partial charge >= 0.3 is 0 Å². The minimum absolute atomic E-state index is 0.162. The van der Waals surface area contributed by atoms with Gasteiger partial charge < -0.3 is 4.74 Å². The predicted octanol–water partition coefficient (Wildman–Crippen LogP) is 4.29. The van der Waals surface area contributed by atoms with Crippen LogP contribution < -0.4 is 4.74 Å². The standard InChI is InChI=1S/C15H13ClO2/c1-11(12-6-3-2-4-7-12)18-15-13(10-17)8-5-9-14(15)16/h2-11H,1H3. The molecule has 0 saturated carbocycles. The van der Waals surface area contributed by atoms with Crippen LogP contribution in [-0.2, 0) is 0 Å². The van der Waals surface area contributed by atoms with Crippen molar-refractivity contribution in [3.8, 4) is 5.75 Å². The number of rotatable bonds is 4. The highest BCUT2D eigenvalue weighted by molar-refractivity contribution is 6.32. The Morgan fingerprint density at radius 1 is 1.11 bits per heavy atom. The van der Waals surface area contributed by atoms with Gasteiger partial charge in [0.1, 0.15) is 11.9 Å². The Morgan fingerprint density at radius 3 is 2.50 bits per heavy atom. The fraction of sp³-hybridized carbons (Fsp3) is 0.133. The second kappa shape index (κ2) is 5.69. The maximum absolute atomic E-state index is 11.0. The predicted molar refractivity (Wildman–Crippen MR) is 72.3 cm³/mol. The van der Waals surface area contributed by atoms with Crippen molar-refractivity contribution in [1.29, 1.82) is 0 Å². The summed E-state index contributed by atoms with van der Waals surface area (Å²) in [6.45, 7) is 1.92. The smallest absolute Gasteiger partial charge is 0.153 e. The Balaban J connectivity index is 2.27. The zero-order valence-electron chi connectivity index (χ0n) is 9.97. The van der Waals surface area contributed by atoms with Crippen LogP contribution in [0.5, 0.6) is 5.75 Å². The molecule has 0 saturated heterocycles. The number of hydrogen-bond donors (Lipinski definition) is 0. The van der Waals surface area contributed by atoms with Gasteiger partial charge in [0.2, 0.25) is 0 Å². The Kier molecular flexibility index (Phi) is 4.00. The molecule has 0 N–H and O–H groups in total. The zero-order valence-corrected chi connectivity index (χ0v) is 10.7. The molecule has 0 fully saturated rings. The van der Waals surface area contributed by atoms with Crippen molar-refractivity contribution in [2.45, 2.75) is 13.0 Å². The van der Waals surface area contributed by atoms with E-state index in [4.69, 9.17) is 16.3 Å². The van der Waals surface area contributed by atoms with Crippen LogP contribution in [0.15, 0.2) is 48.5 Å². The molecular formula is C15H13ClO2. The van der Waals surface area contributed by atoms with Crippen molar-refractivity contribution in [2.24, 2.45) is 0 Å². The minimum Gasteiger partial charge on any atom is -0.484 e. The average molecular weight is 261 g/mol. The van der Waals surface area contributed by atoms with Gasteiger partial charge in [0, 0.05) is 0 Å². The van der Waals surface area contributed by atoms with Crippen LogP contribution in [0.3, 0.4) is 0 Å². The lowest BCUT2D eigenvalue weighted by molar-refractivity contribution is 0.111. The normalized spacial score (nSPS) is 11.9. The number of ether oxygens (including phenoxy) is 1. The summed E-state index contributed by atoms with van der Waals surface area (Å²) in [5, 5.41) is 0.447. The van der Waals surface area contributed by atoms with Crippen LogP contribution in [0, 0.1) is 0 Å². The van der Waals surface area contributed by atoms with Crippen LogP contribution in [0.1, 0.15) is 28.9 Å². The molecule has 2 rings (SSSR count). The van der Waals surface area contributed by atoms with E-state index in [1.807, 2.05) is 37.3 Å². The molecule has 0 spiro atoms. The summed E-state index contributed by atoms with van der Waals surface area (Å²) in [4.78, 5) is 11.0. The van der Waals surface area contributed by atoms with E-state index in [9.17, 15) is 4.79 Å². The van der Waals surface area contributed by atoms with Crippen molar-refractivity contribution >= 4 is 17.9 Å². The summed E-state index contributed by atoms with van der Waals surface area (Å²) >= 11 is 6.06. The molecule has 0 aliphatic carbocycles. The number of carbonyl (C=O) groups is 1. The first-order valence-electron chi connectivity index (χ1n) is 5.67. The van der Waals surface area contributed by atoms with Crippen molar-refractivity contribution in [1.82, 2.24) is 0 Å². The molecule has 1 atom stereocenters. The molecule has 0 radical (unpaired) electrons. The van der Waals surface area contributed by atoms with Gasteiger partial charge in [-0.2, -0.15) is 0 Å². The zero-order chi connectivity index (χ0) is 13.0. The highest BCUT2D eigenvalue weighted by atomic mass is 35.5. The van der Waals surface area contributed by atoms with E-state index in [1.54, 1.807) is 18.2 Å². The maximum Gasteiger partial charge on any atom is 0.153 e. The lowest BCUT2D eigenvalue weighted by Gasteiger charge is -2.17. The first kappa shape index (κ1) is 12.7. The van der Waals surface area contributed by atoms with Crippen LogP contribution in [0.2, 0.25) is 5.02 Å². The second-order valence-electron chi connectivity index (χ2n) is 3.95. The van der Waals surface area contributed by atoms with E-state index in [0.29, 0.717) is 16.3 Å². The fourth-order valence-electron chi connectivity index (χ4n) is 1.71. The summed E-state index contributed by atoms with van der Waals surface area (Å²) in [5.41, 5.74) is 1.50. The Morgan fingerprint density at radius 2 is 1.83 bits per heavy atom. The summed E-state index contributed by atoms with van der Waals surface area (Å²) < 4.78 is 5.79. The first-order valence-corrected chi connectivity index (χ1v) is 6.05. The molecular weight excluding hydrogens is 248 g/mol. The van der Waals surface area contributed by atoms with E-state index in [2.05, 4.69) is 0 Å². The van der Waals surface area contributed by atoms with Gasteiger partial charge in [-0.3, -0.25) is 4.79 Å². The van der Waals surface area contributed by atoms with Crippen LogP contribution in [0.4, 0.5) is 0 Å². The molecule has 1 unspecified atom stereocenters. The number of halogens is 1. The number of hydrogen-bond acceptors (Lipinski definition) is 2. The molecule has 92 valence electrons. The quantitative estimate of drug-likeness (QED) is 0.767. The Bertz CT molecular complexity index is 537. The molecule has 0 bridgehead atoms. The third kappa shape index (κ3) is 2.71. The largest absolute Gasteiger partial charge is 0.484 e. The Labute approximate surface area is 111 Å². The summed E-state index contributed by atoms with van der Waals surface area (Å²) in [6, 6.07) is 14.9. The lowest BCUT2D eigenvalue weighted by atomic mass is 10.1. The molecule has 2 aromatic carbocycles. The van der Waals surface area contributed by atoms with E-state index >= 15 is 0 Å². The van der Waals surface area contributed by atoms with Crippen LogP contribution in [-0.4, -0.2) is 6.29 Å². The van der Waals surface area contributed by atoms with Crippen molar-refractivity contribution in [3.05, 3.63) is 64.7 Å². The maximum atomic E-state index is 11.0. The minimum atomic E-state index is -0.162. The molecule has 18 heavy (non-hydrogen) atoms. The van der Waals surface area contributed by atoms with Crippen LogP contribution >= 0.6 is 11.6 Å². The monoisotopic (exact) mass is 260 g/mol. The van der Waals surface area contributed by atoms with Gasteiger partial charge in [-0.25, -0.2) is 0 Å². The average Bonchev–Trinajstić information content (AvgIpc) is 2.42. The van der Waals surface area contributed by atoms with Crippen molar-refractivity contribution in [2.75, 3.05) is 0 Å². The van der Waals surface area contributed by atoms with E-state index in [0.717, 1.165) is 11.8 Å². The van der Waals surface area contributed by atoms with Gasteiger partial charge in [-0.1, -0.05) is 48.0 Å². The summed E-state index contributed by atoms with van der Waals surface area (Å²) in [7, 11) is 0. The summed E-state index contributed by atoms with van der Waals surface area (Å²) in [6.07, 6.45) is 0.587. The van der Waals surface area contributed by atoms with Gasteiger partial charge in [0.15, 0.2) is 6.29 Å². The van der Waals surface area contributed by atoms with Gasteiger partial charge in [0.25, 0.3) is 0 Å². The molecule has 0 aliphatic heterocycles. The highest BCUT2D eigenvalue weighted by Crippen LogP contribution is 2.31. The molecule has 0 amide bonds. The SMILES string of the molecule is CC(Oc1c(Cl)cccc1C=O)c1ccccc1. The lowest BCUT2D eigenvalue weighted by Crippen LogP contribution is -2.05. The van der Waals surface area contributed by atoms with E-state index in [1.165, 1.54) is 0 Å². The fourth-order valence-corrected chi connectivity index (χ4v) is 1.94. The first-order chi connectivity index (χ1) is 8.72. The molecule has 0 aromatic heterocycles. The van der Waals surface area contributed by atoms with Crippen LogP contribution in [0.25, 0.3) is 0 Å².